The van der Waals surface area contributed by atoms with Gasteiger partial charge in [-0.05, 0) is 43.4 Å². The first-order valence-electron chi connectivity index (χ1n) is 8.82. The molecule has 2 N–H and O–H groups in total. The van der Waals surface area contributed by atoms with Crippen LogP contribution in [0.25, 0.3) is 0 Å². The van der Waals surface area contributed by atoms with Crippen molar-refractivity contribution < 1.29 is 13.2 Å². The Morgan fingerprint density at radius 3 is 2.64 bits per heavy atom. The summed E-state index contributed by atoms with van der Waals surface area (Å²) in [6, 6.07) is 8.07. The number of methoxy groups -OCH3 is 1. The molecule has 2 rings (SSSR count). The third-order valence-electron chi connectivity index (χ3n) is 4.43. The minimum atomic E-state index is -2.89. The zero-order valence-corrected chi connectivity index (χ0v) is 16.1. The average molecular weight is 368 g/mol. The molecule has 7 heteroatoms. The maximum absolute atomic E-state index is 11.6. The molecule has 2 unspecified atom stereocenters. The number of nitrogens with zero attached hydrogens (tertiary/aromatic N) is 1. The molecule has 1 aromatic rings. The van der Waals surface area contributed by atoms with Crippen molar-refractivity contribution in [2.45, 2.75) is 38.6 Å². The Balaban J connectivity index is 1.87. The lowest BCUT2D eigenvalue weighted by atomic mass is 9.98. The third kappa shape index (κ3) is 6.23. The van der Waals surface area contributed by atoms with E-state index in [9.17, 15) is 8.42 Å². The van der Waals surface area contributed by atoms with Gasteiger partial charge in [0.05, 0.1) is 18.6 Å². The van der Waals surface area contributed by atoms with Crippen LogP contribution in [-0.2, 0) is 9.84 Å². The fraction of sp³-hybridized carbons (Fsp3) is 0.611. The number of rotatable bonds is 7. The molecular weight excluding hydrogens is 338 g/mol. The minimum absolute atomic E-state index is 0.0400. The highest BCUT2D eigenvalue weighted by atomic mass is 32.2. The van der Waals surface area contributed by atoms with Crippen molar-refractivity contribution in [1.82, 2.24) is 10.6 Å². The van der Waals surface area contributed by atoms with E-state index in [1.54, 1.807) is 7.11 Å². The van der Waals surface area contributed by atoms with E-state index in [1.165, 1.54) is 5.56 Å². The van der Waals surface area contributed by atoms with E-state index in [4.69, 9.17) is 4.74 Å². The van der Waals surface area contributed by atoms with Gasteiger partial charge >= 0.3 is 0 Å². The van der Waals surface area contributed by atoms with E-state index in [1.807, 2.05) is 19.1 Å². The van der Waals surface area contributed by atoms with Gasteiger partial charge in [-0.3, -0.25) is 4.99 Å². The summed E-state index contributed by atoms with van der Waals surface area (Å²) in [4.78, 5) is 4.60. The van der Waals surface area contributed by atoms with Gasteiger partial charge in [-0.15, -0.1) is 0 Å². The molecule has 0 spiro atoms. The van der Waals surface area contributed by atoms with Crippen molar-refractivity contribution in [3.05, 3.63) is 29.8 Å². The van der Waals surface area contributed by atoms with Gasteiger partial charge in [0.1, 0.15) is 5.75 Å². The Labute approximate surface area is 151 Å². The molecule has 1 heterocycles. The first-order valence-corrected chi connectivity index (χ1v) is 10.6. The van der Waals surface area contributed by atoms with Gasteiger partial charge in [-0.25, -0.2) is 8.42 Å². The number of hydrogen-bond acceptors (Lipinski definition) is 4. The summed E-state index contributed by atoms with van der Waals surface area (Å²) in [5.41, 5.74) is 1.26. The van der Waals surface area contributed by atoms with Gasteiger partial charge < -0.3 is 15.4 Å². The Kier molecular flexibility index (Phi) is 7.11. The smallest absolute Gasteiger partial charge is 0.191 e. The molecule has 1 saturated heterocycles. The van der Waals surface area contributed by atoms with Crippen LogP contribution in [0.2, 0.25) is 0 Å². The van der Waals surface area contributed by atoms with Gasteiger partial charge in [0, 0.05) is 19.1 Å². The van der Waals surface area contributed by atoms with Gasteiger partial charge in [0.2, 0.25) is 0 Å². The molecule has 1 aliphatic rings. The standard InChI is InChI=1S/C18H29N3O3S/c1-4-19-18(21-16-10-12-25(22,23)13-16)20-11-9-14(2)15-5-7-17(24-3)8-6-15/h5-8,14,16H,4,9-13H2,1-3H3,(H2,19,20,21). The first-order chi connectivity index (χ1) is 11.9. The Morgan fingerprint density at radius 2 is 2.08 bits per heavy atom. The lowest BCUT2D eigenvalue weighted by Gasteiger charge is -2.16. The van der Waals surface area contributed by atoms with Crippen LogP contribution in [0.1, 0.15) is 38.2 Å². The number of hydrogen-bond donors (Lipinski definition) is 2. The zero-order chi connectivity index (χ0) is 18.3. The second-order valence-corrected chi connectivity index (χ2v) is 8.70. The lowest BCUT2D eigenvalue weighted by molar-refractivity contribution is 0.414. The number of aliphatic imine (C=N–C) groups is 1. The Hall–Kier alpha value is -1.76. The largest absolute Gasteiger partial charge is 0.497 e. The zero-order valence-electron chi connectivity index (χ0n) is 15.3. The number of benzene rings is 1. The highest BCUT2D eigenvalue weighted by Crippen LogP contribution is 2.21. The molecule has 1 fully saturated rings. The topological polar surface area (TPSA) is 79.8 Å². The van der Waals surface area contributed by atoms with E-state index >= 15 is 0 Å². The summed E-state index contributed by atoms with van der Waals surface area (Å²) in [6.45, 7) is 5.62. The number of nitrogens with one attached hydrogen (secondary N) is 2. The molecule has 1 aliphatic heterocycles. The van der Waals surface area contributed by atoms with E-state index in [0.29, 0.717) is 24.8 Å². The number of guanidine groups is 1. The summed E-state index contributed by atoms with van der Waals surface area (Å²) >= 11 is 0. The number of ether oxygens (including phenoxy) is 1. The summed E-state index contributed by atoms with van der Waals surface area (Å²) in [5.74, 6) is 2.41. The van der Waals surface area contributed by atoms with Crippen molar-refractivity contribution in [3.63, 3.8) is 0 Å². The van der Waals surface area contributed by atoms with Gasteiger partial charge in [0.15, 0.2) is 15.8 Å². The molecule has 1 aromatic carbocycles. The predicted octanol–water partition coefficient (Wildman–Crippen LogP) is 1.93. The van der Waals surface area contributed by atoms with Crippen molar-refractivity contribution in [1.29, 1.82) is 0 Å². The second kappa shape index (κ2) is 9.08. The van der Waals surface area contributed by atoms with Crippen molar-refractivity contribution in [2.24, 2.45) is 4.99 Å². The fourth-order valence-electron chi connectivity index (χ4n) is 2.89. The van der Waals surface area contributed by atoms with Gasteiger partial charge in [-0.1, -0.05) is 19.1 Å². The summed E-state index contributed by atoms with van der Waals surface area (Å²) in [6.07, 6.45) is 1.57. The molecule has 6 nitrogen and oxygen atoms in total. The van der Waals surface area contributed by atoms with Crippen LogP contribution in [0.3, 0.4) is 0 Å². The minimum Gasteiger partial charge on any atom is -0.497 e. The molecule has 25 heavy (non-hydrogen) atoms. The summed E-state index contributed by atoms with van der Waals surface area (Å²) in [5, 5.41) is 6.44. The maximum atomic E-state index is 11.6. The third-order valence-corrected chi connectivity index (χ3v) is 6.20. The molecular formula is C18H29N3O3S. The fourth-order valence-corrected chi connectivity index (χ4v) is 4.56. The summed E-state index contributed by atoms with van der Waals surface area (Å²) in [7, 11) is -1.22. The lowest BCUT2D eigenvalue weighted by Crippen LogP contribution is -2.44. The van der Waals surface area contributed by atoms with Crippen molar-refractivity contribution in [3.8, 4) is 5.75 Å². The highest BCUT2D eigenvalue weighted by Gasteiger charge is 2.28. The maximum Gasteiger partial charge on any atom is 0.191 e. The molecule has 0 radical (unpaired) electrons. The molecule has 0 amide bonds. The van der Waals surface area contributed by atoms with Crippen LogP contribution in [0, 0.1) is 0 Å². The van der Waals surface area contributed by atoms with E-state index in [0.717, 1.165) is 18.7 Å². The van der Waals surface area contributed by atoms with E-state index in [-0.39, 0.29) is 17.5 Å². The van der Waals surface area contributed by atoms with Crippen LogP contribution in [-0.4, -0.2) is 52.1 Å². The Bertz CT molecular complexity index is 671. The monoisotopic (exact) mass is 367 g/mol. The Morgan fingerprint density at radius 1 is 1.36 bits per heavy atom. The van der Waals surface area contributed by atoms with Crippen LogP contribution in [0.5, 0.6) is 5.75 Å². The molecule has 0 aromatic heterocycles. The van der Waals surface area contributed by atoms with E-state index < -0.39 is 9.84 Å². The SMILES string of the molecule is CCNC(=NCCC(C)c1ccc(OC)cc1)NC1CCS(=O)(=O)C1. The van der Waals surface area contributed by atoms with Crippen molar-refractivity contribution in [2.75, 3.05) is 31.7 Å². The molecule has 0 aliphatic carbocycles. The molecule has 2 atom stereocenters. The first kappa shape index (κ1) is 19.6. The van der Waals surface area contributed by atoms with Crippen LogP contribution >= 0.6 is 0 Å². The average Bonchev–Trinajstić information content (AvgIpc) is 2.93. The highest BCUT2D eigenvalue weighted by molar-refractivity contribution is 7.91. The van der Waals surface area contributed by atoms with Crippen LogP contribution in [0.4, 0.5) is 0 Å². The van der Waals surface area contributed by atoms with Gasteiger partial charge in [-0.2, -0.15) is 0 Å². The second-order valence-electron chi connectivity index (χ2n) is 6.47. The van der Waals surface area contributed by atoms with Crippen LogP contribution < -0.4 is 15.4 Å². The quantitative estimate of drug-likeness (QED) is 0.569. The molecule has 140 valence electrons. The van der Waals surface area contributed by atoms with Crippen LogP contribution in [0.15, 0.2) is 29.3 Å². The predicted molar refractivity (Wildman–Crippen MR) is 102 cm³/mol. The number of sulfone groups is 1. The van der Waals surface area contributed by atoms with Crippen molar-refractivity contribution >= 4 is 15.8 Å². The molecule has 0 saturated carbocycles. The van der Waals surface area contributed by atoms with Gasteiger partial charge in [0.25, 0.3) is 0 Å². The summed E-state index contributed by atoms with van der Waals surface area (Å²) < 4.78 is 28.3. The molecule has 0 bridgehead atoms. The normalized spacial score (nSPS) is 20.9. The van der Waals surface area contributed by atoms with E-state index in [2.05, 4.69) is 34.7 Å².